The zero-order valence-electron chi connectivity index (χ0n) is 12.4. The van der Waals surface area contributed by atoms with Gasteiger partial charge in [0, 0.05) is 12.4 Å². The van der Waals surface area contributed by atoms with Crippen LogP contribution in [-0.2, 0) is 0 Å². The molecule has 1 heterocycles. The topological polar surface area (TPSA) is 25.2 Å². The fourth-order valence-electron chi connectivity index (χ4n) is 2.86. The third-order valence-corrected chi connectivity index (χ3v) is 4.54. The van der Waals surface area contributed by atoms with Crippen LogP contribution in [0, 0.1) is 5.41 Å². The van der Waals surface area contributed by atoms with Crippen LogP contribution in [-0.4, -0.2) is 16.7 Å². The van der Waals surface area contributed by atoms with Crippen molar-refractivity contribution in [3.8, 4) is 0 Å². The Kier molecular flexibility index (Phi) is 5.06. The van der Waals surface area contributed by atoms with Gasteiger partial charge in [0.15, 0.2) is 0 Å². The monoisotopic (exact) mass is 246 g/mol. The maximum absolute atomic E-state index is 4.82. The summed E-state index contributed by atoms with van der Waals surface area (Å²) in [4.78, 5) is 9.12. The Hall–Kier alpha value is -1.18. The first-order valence-corrected chi connectivity index (χ1v) is 6.97. The Bertz CT molecular complexity index is 367. The van der Waals surface area contributed by atoms with Gasteiger partial charge in [0.1, 0.15) is 0 Å². The second-order valence-corrected chi connectivity index (χ2v) is 5.41. The van der Waals surface area contributed by atoms with Crippen molar-refractivity contribution in [1.29, 1.82) is 0 Å². The third kappa shape index (κ3) is 2.98. The highest BCUT2D eigenvalue weighted by atomic mass is 14.9. The molecule has 0 aliphatic rings. The van der Waals surface area contributed by atoms with E-state index in [2.05, 4.69) is 39.6 Å². The van der Waals surface area contributed by atoms with Crippen LogP contribution in [0.25, 0.3) is 0 Å². The summed E-state index contributed by atoms with van der Waals surface area (Å²) in [5.41, 5.74) is 1.16. The predicted molar refractivity (Wildman–Crippen MR) is 79.2 cm³/mol. The molecule has 0 aliphatic heterocycles. The molecule has 0 bridgehead atoms. The minimum atomic E-state index is -0.0528. The molecule has 0 spiro atoms. The van der Waals surface area contributed by atoms with Crippen molar-refractivity contribution in [1.82, 2.24) is 4.98 Å². The molecule has 0 atom stereocenters. The van der Waals surface area contributed by atoms with E-state index in [-0.39, 0.29) is 11.0 Å². The number of rotatable bonds is 6. The molecule has 0 amide bonds. The molecule has 0 fully saturated rings. The van der Waals surface area contributed by atoms with Crippen molar-refractivity contribution in [3.05, 3.63) is 30.1 Å². The van der Waals surface area contributed by atoms with Crippen molar-refractivity contribution >= 4 is 6.21 Å². The molecule has 1 aromatic rings. The normalized spacial score (nSPS) is 13.2. The second kappa shape index (κ2) is 6.12. The summed E-state index contributed by atoms with van der Waals surface area (Å²) in [6.07, 6.45) is 7.20. The van der Waals surface area contributed by atoms with E-state index >= 15 is 0 Å². The van der Waals surface area contributed by atoms with Crippen LogP contribution in [0.5, 0.6) is 0 Å². The Labute approximate surface area is 112 Å². The molecule has 0 N–H and O–H groups in total. The molecule has 0 aliphatic carbocycles. The van der Waals surface area contributed by atoms with Crippen LogP contribution in [0.2, 0.25) is 0 Å². The molecular weight excluding hydrogens is 220 g/mol. The average molecular weight is 246 g/mol. The number of aromatic nitrogens is 1. The van der Waals surface area contributed by atoms with Crippen molar-refractivity contribution in [2.24, 2.45) is 10.4 Å². The minimum Gasteiger partial charge on any atom is -0.284 e. The molecule has 1 rings (SSSR count). The highest BCUT2D eigenvalue weighted by Gasteiger charge is 2.40. The zero-order valence-corrected chi connectivity index (χ0v) is 12.4. The summed E-state index contributed by atoms with van der Waals surface area (Å²) >= 11 is 0. The van der Waals surface area contributed by atoms with E-state index < -0.39 is 0 Å². The summed E-state index contributed by atoms with van der Waals surface area (Å²) in [5, 5.41) is 0. The van der Waals surface area contributed by atoms with Crippen molar-refractivity contribution in [2.45, 2.75) is 59.4 Å². The molecule has 0 unspecified atom stereocenters. The van der Waals surface area contributed by atoms with Crippen molar-refractivity contribution in [2.75, 3.05) is 0 Å². The smallest absolute Gasteiger partial charge is 0.0808 e. The summed E-state index contributed by atoms with van der Waals surface area (Å²) in [6, 6.07) is 5.91. The van der Waals surface area contributed by atoms with Gasteiger partial charge in [-0.2, -0.15) is 0 Å². The van der Waals surface area contributed by atoms with Crippen LogP contribution in [0.15, 0.2) is 29.4 Å². The lowest BCUT2D eigenvalue weighted by Gasteiger charge is -2.43. The summed E-state index contributed by atoms with van der Waals surface area (Å²) in [7, 11) is 0. The van der Waals surface area contributed by atoms with Crippen LogP contribution < -0.4 is 0 Å². The zero-order chi connectivity index (χ0) is 13.6. The number of aliphatic imine (C=N–C) groups is 1. The average Bonchev–Trinajstić information content (AvgIpc) is 2.40. The molecule has 2 heteroatoms. The summed E-state index contributed by atoms with van der Waals surface area (Å²) < 4.78 is 0. The first kappa shape index (κ1) is 14.9. The minimum absolute atomic E-state index is 0.0528. The maximum atomic E-state index is 4.82. The van der Waals surface area contributed by atoms with Gasteiger partial charge in [0.2, 0.25) is 0 Å². The predicted octanol–water partition coefficient (Wildman–Crippen LogP) is 4.50. The number of nitrogens with zero attached hydrogens (tertiary/aromatic N) is 2. The number of hydrogen-bond acceptors (Lipinski definition) is 2. The third-order valence-electron chi connectivity index (χ3n) is 4.54. The van der Waals surface area contributed by atoms with Gasteiger partial charge in [0.25, 0.3) is 0 Å². The molecule has 2 nitrogen and oxygen atoms in total. The van der Waals surface area contributed by atoms with E-state index in [1.54, 1.807) is 6.20 Å². The SMILES string of the molecule is CCC(CC)(CC)C(C)(C)/N=C/c1ccccn1. The highest BCUT2D eigenvalue weighted by molar-refractivity contribution is 5.77. The molecule has 0 radical (unpaired) electrons. The van der Waals surface area contributed by atoms with Gasteiger partial charge < -0.3 is 0 Å². The summed E-state index contributed by atoms with van der Waals surface area (Å²) in [5.74, 6) is 0. The van der Waals surface area contributed by atoms with E-state index in [0.29, 0.717) is 0 Å². The Morgan fingerprint density at radius 3 is 2.17 bits per heavy atom. The molecule has 1 aromatic heterocycles. The molecule has 18 heavy (non-hydrogen) atoms. The first-order valence-electron chi connectivity index (χ1n) is 6.97. The van der Waals surface area contributed by atoms with Gasteiger partial charge in [-0.15, -0.1) is 0 Å². The first-order chi connectivity index (χ1) is 8.51. The van der Waals surface area contributed by atoms with Crippen molar-refractivity contribution < 1.29 is 0 Å². The lowest BCUT2D eigenvalue weighted by atomic mass is 9.66. The van der Waals surface area contributed by atoms with Crippen LogP contribution in [0.3, 0.4) is 0 Å². The van der Waals surface area contributed by atoms with Gasteiger partial charge in [0.05, 0.1) is 11.2 Å². The van der Waals surface area contributed by atoms with Gasteiger partial charge >= 0.3 is 0 Å². The van der Waals surface area contributed by atoms with E-state index in [0.717, 1.165) is 25.0 Å². The van der Waals surface area contributed by atoms with Gasteiger partial charge in [-0.25, -0.2) is 0 Å². The lowest BCUT2D eigenvalue weighted by Crippen LogP contribution is -2.41. The fourth-order valence-corrected chi connectivity index (χ4v) is 2.86. The van der Waals surface area contributed by atoms with Crippen LogP contribution in [0.4, 0.5) is 0 Å². The van der Waals surface area contributed by atoms with Crippen LogP contribution >= 0.6 is 0 Å². The maximum Gasteiger partial charge on any atom is 0.0808 e. The fraction of sp³-hybridized carbons (Fsp3) is 0.625. The van der Waals surface area contributed by atoms with Crippen molar-refractivity contribution in [3.63, 3.8) is 0 Å². The van der Waals surface area contributed by atoms with Gasteiger partial charge in [-0.05, 0) is 50.7 Å². The second-order valence-electron chi connectivity index (χ2n) is 5.41. The van der Waals surface area contributed by atoms with E-state index in [4.69, 9.17) is 4.99 Å². The Morgan fingerprint density at radius 2 is 1.72 bits per heavy atom. The van der Waals surface area contributed by atoms with E-state index in [1.165, 1.54) is 0 Å². The van der Waals surface area contributed by atoms with E-state index in [9.17, 15) is 0 Å². The molecule has 0 saturated carbocycles. The van der Waals surface area contributed by atoms with Crippen LogP contribution in [0.1, 0.15) is 59.6 Å². The molecule has 0 saturated heterocycles. The molecule has 0 aromatic carbocycles. The number of pyridine rings is 1. The van der Waals surface area contributed by atoms with E-state index in [1.807, 2.05) is 24.4 Å². The summed E-state index contributed by atoms with van der Waals surface area (Å²) in [6.45, 7) is 11.3. The standard InChI is InChI=1S/C16H26N2/c1-6-16(7-2,8-3)15(4,5)18-13-14-11-9-10-12-17-14/h9-13H,6-8H2,1-5H3/b18-13+. The largest absolute Gasteiger partial charge is 0.284 e. The molecular formula is C16H26N2. The lowest BCUT2D eigenvalue weighted by molar-refractivity contribution is 0.130. The quantitative estimate of drug-likeness (QED) is 0.679. The Morgan fingerprint density at radius 1 is 1.11 bits per heavy atom. The highest BCUT2D eigenvalue weighted by Crippen LogP contribution is 2.43. The van der Waals surface area contributed by atoms with Gasteiger partial charge in [-0.1, -0.05) is 26.8 Å². The number of hydrogen-bond donors (Lipinski definition) is 0. The Balaban J connectivity index is 2.96. The molecule has 100 valence electrons. The van der Waals surface area contributed by atoms with Gasteiger partial charge in [-0.3, -0.25) is 9.98 Å².